The Labute approximate surface area is 262 Å². The quantitative estimate of drug-likeness (QED) is 0.163. The lowest BCUT2D eigenvalue weighted by Gasteiger charge is -2.13. The Morgan fingerprint density at radius 2 is 2.07 bits per heavy atom. The first-order valence-corrected chi connectivity index (χ1v) is 17.2. The van der Waals surface area contributed by atoms with Crippen LogP contribution in [0.2, 0.25) is 5.02 Å². The van der Waals surface area contributed by atoms with E-state index in [1.54, 1.807) is 40.3 Å². The number of hydrogen-bond acceptors (Lipinski definition) is 10. The van der Waals surface area contributed by atoms with E-state index in [0.717, 1.165) is 50.4 Å². The number of ether oxygens (including phenoxy) is 1. The minimum atomic E-state index is -3.05. The van der Waals surface area contributed by atoms with Crippen LogP contribution in [0.25, 0.3) is 20.7 Å². The Bertz CT molecular complexity index is 1930. The van der Waals surface area contributed by atoms with E-state index in [4.69, 9.17) is 21.4 Å². The van der Waals surface area contributed by atoms with Crippen molar-refractivity contribution in [1.29, 1.82) is 0 Å². The van der Waals surface area contributed by atoms with Gasteiger partial charge in [0.15, 0.2) is 0 Å². The fraction of sp³-hybridized carbons (Fsp3) is 0.300. The summed E-state index contributed by atoms with van der Waals surface area (Å²) in [5.41, 5.74) is 4.56. The summed E-state index contributed by atoms with van der Waals surface area (Å²) in [6.07, 6.45) is 5.46. The molecular formula is C30H30ClFN6O4S2. The first kappa shape index (κ1) is 30.4. The van der Waals surface area contributed by atoms with Crippen molar-refractivity contribution < 1.29 is 22.7 Å². The standard InChI is InChI=1S/C30H30ClFN6O4S2/c1-44(40,41)10-9-33-13-21(39)14-38-15-23-25(37-38)7-6-22-27-29(34-17-35-30(27)43-28(22)23)36-20-5-8-26(24(31)12-20)42-16-18-3-2-4-19(32)11-18/h2-5,8,11-12,15,17,21,33,39H,6-7,9-10,13-14,16H2,1H3,(H,34,35,36)/t21-/m1/s1. The highest BCUT2D eigenvalue weighted by Gasteiger charge is 2.27. The lowest BCUT2D eigenvalue weighted by Crippen LogP contribution is -2.33. The molecule has 2 aromatic carbocycles. The van der Waals surface area contributed by atoms with Crippen LogP contribution in [-0.2, 0) is 35.8 Å². The molecule has 0 unspecified atom stereocenters. The van der Waals surface area contributed by atoms with Gasteiger partial charge in [-0.15, -0.1) is 11.3 Å². The van der Waals surface area contributed by atoms with Gasteiger partial charge in [-0.25, -0.2) is 22.8 Å². The summed E-state index contributed by atoms with van der Waals surface area (Å²) in [7, 11) is -3.05. The molecule has 3 N–H and O–H groups in total. The summed E-state index contributed by atoms with van der Waals surface area (Å²) < 4.78 is 43.7. The minimum absolute atomic E-state index is 0.0228. The molecule has 3 heterocycles. The number of aryl methyl sites for hydroxylation is 2. The Morgan fingerprint density at radius 1 is 1.20 bits per heavy atom. The van der Waals surface area contributed by atoms with Crippen molar-refractivity contribution in [3.8, 4) is 16.2 Å². The van der Waals surface area contributed by atoms with Gasteiger partial charge >= 0.3 is 0 Å². The molecule has 0 spiro atoms. The molecule has 1 aliphatic rings. The average Bonchev–Trinajstić information content (AvgIpc) is 3.56. The van der Waals surface area contributed by atoms with E-state index in [-0.39, 0.29) is 37.8 Å². The lowest BCUT2D eigenvalue weighted by atomic mass is 9.95. The van der Waals surface area contributed by atoms with Gasteiger partial charge in [-0.2, -0.15) is 5.10 Å². The predicted octanol–water partition coefficient (Wildman–Crippen LogP) is 4.76. The molecule has 1 aliphatic carbocycles. The molecule has 14 heteroatoms. The number of sulfone groups is 1. The zero-order valence-corrected chi connectivity index (χ0v) is 26.1. The molecule has 0 saturated heterocycles. The zero-order chi connectivity index (χ0) is 30.8. The second-order valence-electron chi connectivity index (χ2n) is 10.7. The summed E-state index contributed by atoms with van der Waals surface area (Å²) in [5, 5.41) is 22.9. The monoisotopic (exact) mass is 656 g/mol. The first-order valence-electron chi connectivity index (χ1n) is 14.0. The first-order chi connectivity index (χ1) is 21.1. The van der Waals surface area contributed by atoms with Crippen LogP contribution in [0.4, 0.5) is 15.9 Å². The number of hydrogen-bond donors (Lipinski definition) is 3. The second-order valence-corrected chi connectivity index (χ2v) is 14.4. The molecular weight excluding hydrogens is 627 g/mol. The van der Waals surface area contributed by atoms with Crippen LogP contribution >= 0.6 is 22.9 Å². The number of aliphatic hydroxyl groups excluding tert-OH is 1. The number of nitrogens with one attached hydrogen (secondary N) is 2. The summed E-state index contributed by atoms with van der Waals surface area (Å²) in [6, 6.07) is 11.6. The molecule has 5 aromatic rings. The molecule has 3 aromatic heterocycles. The van der Waals surface area contributed by atoms with Crippen molar-refractivity contribution in [3.05, 3.63) is 82.6 Å². The van der Waals surface area contributed by atoms with Crippen molar-refractivity contribution >= 4 is 54.5 Å². The van der Waals surface area contributed by atoms with E-state index in [1.165, 1.54) is 24.7 Å². The van der Waals surface area contributed by atoms with Crippen LogP contribution in [0.1, 0.15) is 16.8 Å². The SMILES string of the molecule is CS(=O)(=O)CCNC[C@@H](O)Cn1cc2c(n1)CCc1c-2sc2ncnc(Nc3ccc(OCc4cccc(F)c4)c(Cl)c3)c12. The van der Waals surface area contributed by atoms with Gasteiger partial charge in [-0.1, -0.05) is 23.7 Å². The minimum Gasteiger partial charge on any atom is -0.487 e. The zero-order valence-electron chi connectivity index (χ0n) is 23.8. The molecule has 1 atom stereocenters. The number of aliphatic hydroxyl groups is 1. The molecule has 0 saturated carbocycles. The van der Waals surface area contributed by atoms with Crippen LogP contribution in [0.15, 0.2) is 55.0 Å². The number of fused-ring (bicyclic) bond motifs is 5. The molecule has 230 valence electrons. The molecule has 0 radical (unpaired) electrons. The molecule has 44 heavy (non-hydrogen) atoms. The predicted molar refractivity (Wildman–Crippen MR) is 170 cm³/mol. The van der Waals surface area contributed by atoms with Gasteiger partial charge in [0.05, 0.1) is 34.5 Å². The summed E-state index contributed by atoms with van der Waals surface area (Å²) in [6.45, 7) is 1.03. The van der Waals surface area contributed by atoms with Crippen molar-refractivity contribution in [2.75, 3.05) is 30.4 Å². The third-order valence-corrected chi connectivity index (χ3v) is 9.60. The number of benzene rings is 2. The highest BCUT2D eigenvalue weighted by atomic mass is 35.5. The summed E-state index contributed by atoms with van der Waals surface area (Å²) >= 11 is 8.11. The summed E-state index contributed by atoms with van der Waals surface area (Å²) in [5.74, 6) is 0.862. The molecule has 0 fully saturated rings. The highest BCUT2D eigenvalue weighted by Crippen LogP contribution is 2.45. The third-order valence-electron chi connectivity index (χ3n) is 7.19. The van der Waals surface area contributed by atoms with Gasteiger partial charge in [-0.3, -0.25) is 4.68 Å². The Kier molecular flexibility index (Phi) is 8.83. The average molecular weight is 657 g/mol. The Hall–Kier alpha value is -3.62. The largest absolute Gasteiger partial charge is 0.487 e. The van der Waals surface area contributed by atoms with Gasteiger partial charge in [0.1, 0.15) is 45.0 Å². The molecule has 0 bridgehead atoms. The van der Waals surface area contributed by atoms with E-state index < -0.39 is 15.9 Å². The van der Waals surface area contributed by atoms with E-state index in [9.17, 15) is 17.9 Å². The molecule has 0 aliphatic heterocycles. The van der Waals surface area contributed by atoms with Crippen molar-refractivity contribution in [2.45, 2.75) is 32.1 Å². The van der Waals surface area contributed by atoms with Gasteiger partial charge in [-0.05, 0) is 54.3 Å². The lowest BCUT2D eigenvalue weighted by molar-refractivity contribution is 0.147. The maximum Gasteiger partial charge on any atom is 0.148 e. The molecule has 6 rings (SSSR count). The van der Waals surface area contributed by atoms with Gasteiger partial charge in [0, 0.05) is 41.7 Å². The normalized spacial score (nSPS) is 13.5. The van der Waals surface area contributed by atoms with Gasteiger partial charge in [0.2, 0.25) is 0 Å². The Morgan fingerprint density at radius 3 is 2.86 bits per heavy atom. The Balaban J connectivity index is 1.16. The smallest absolute Gasteiger partial charge is 0.148 e. The van der Waals surface area contributed by atoms with Crippen LogP contribution in [0.5, 0.6) is 5.75 Å². The van der Waals surface area contributed by atoms with Crippen LogP contribution < -0.4 is 15.4 Å². The van der Waals surface area contributed by atoms with Crippen molar-refractivity contribution in [1.82, 2.24) is 25.1 Å². The number of aromatic nitrogens is 4. The maximum atomic E-state index is 13.5. The van der Waals surface area contributed by atoms with Crippen molar-refractivity contribution in [3.63, 3.8) is 0 Å². The fourth-order valence-corrected chi connectivity index (χ4v) is 7.11. The third kappa shape index (κ3) is 7.02. The molecule has 0 amide bonds. The van der Waals surface area contributed by atoms with E-state index in [0.29, 0.717) is 22.2 Å². The summed E-state index contributed by atoms with van der Waals surface area (Å²) in [4.78, 5) is 11.0. The number of thiophene rings is 1. The maximum absolute atomic E-state index is 13.5. The number of rotatable bonds is 12. The topological polar surface area (TPSA) is 131 Å². The fourth-order valence-electron chi connectivity index (χ4n) is 5.14. The number of anilines is 2. The van der Waals surface area contributed by atoms with Gasteiger partial charge in [0.25, 0.3) is 0 Å². The molecule has 10 nitrogen and oxygen atoms in total. The van der Waals surface area contributed by atoms with E-state index >= 15 is 0 Å². The highest BCUT2D eigenvalue weighted by molar-refractivity contribution is 7.90. The van der Waals surface area contributed by atoms with Crippen LogP contribution in [-0.4, -0.2) is 64.5 Å². The second kappa shape index (κ2) is 12.8. The number of halogens is 2. The van der Waals surface area contributed by atoms with Crippen molar-refractivity contribution in [2.24, 2.45) is 0 Å². The van der Waals surface area contributed by atoms with Crippen LogP contribution in [0.3, 0.4) is 0 Å². The van der Waals surface area contributed by atoms with E-state index in [1.807, 2.05) is 12.3 Å². The number of nitrogens with zero attached hydrogens (tertiary/aromatic N) is 4. The van der Waals surface area contributed by atoms with E-state index in [2.05, 4.69) is 20.6 Å². The van der Waals surface area contributed by atoms with Crippen LogP contribution in [0, 0.1) is 5.82 Å². The van der Waals surface area contributed by atoms with Gasteiger partial charge < -0.3 is 20.5 Å².